The Bertz CT molecular complexity index is 518. The number of rotatable bonds is 2. The van der Waals surface area contributed by atoms with Crippen LogP contribution < -0.4 is 4.90 Å². The minimum atomic E-state index is -1.08. The van der Waals surface area contributed by atoms with Crippen molar-refractivity contribution in [3.8, 4) is 0 Å². The molecule has 1 aromatic rings. The number of carboxylic acid groups (broad SMARTS) is 1. The minimum absolute atomic E-state index is 0.0382. The second-order valence-electron chi connectivity index (χ2n) is 5.40. The summed E-state index contributed by atoms with van der Waals surface area (Å²) < 4.78 is 20.0. The summed E-state index contributed by atoms with van der Waals surface area (Å²) in [6.45, 7) is 1.07. The van der Waals surface area contributed by atoms with Crippen molar-refractivity contribution in [3.05, 3.63) is 29.6 Å². The lowest BCUT2D eigenvalue weighted by atomic mass is 9.89. The minimum Gasteiger partial charge on any atom is -0.478 e. The molecule has 1 saturated heterocycles. The molecule has 0 aromatic heterocycles. The SMILES string of the molecule is O=C(O)c1cccc(F)c1N1CCOC2CCCCC21. The Kier molecular flexibility index (Phi) is 3.61. The molecule has 2 fully saturated rings. The molecule has 2 aliphatic rings. The van der Waals surface area contributed by atoms with Crippen LogP contribution in [0.3, 0.4) is 0 Å². The molecule has 4 nitrogen and oxygen atoms in total. The summed E-state index contributed by atoms with van der Waals surface area (Å²) in [4.78, 5) is 13.3. The summed E-state index contributed by atoms with van der Waals surface area (Å²) in [7, 11) is 0. The Labute approximate surface area is 117 Å². The third-order valence-corrected chi connectivity index (χ3v) is 4.24. The lowest BCUT2D eigenvalue weighted by Crippen LogP contribution is -2.53. The van der Waals surface area contributed by atoms with Crippen molar-refractivity contribution in [1.29, 1.82) is 0 Å². The lowest BCUT2D eigenvalue weighted by molar-refractivity contribution is -0.00902. The standard InChI is InChI=1S/C15H18FNO3/c16-11-5-3-4-10(15(18)19)14(11)17-8-9-20-13-7-2-1-6-12(13)17/h3-5,12-13H,1-2,6-9H2,(H,18,19). The molecule has 0 spiro atoms. The molecule has 20 heavy (non-hydrogen) atoms. The molecular weight excluding hydrogens is 261 g/mol. The molecule has 0 radical (unpaired) electrons. The number of aromatic carboxylic acids is 1. The maximum atomic E-state index is 14.2. The number of ether oxygens (including phenoxy) is 1. The lowest BCUT2D eigenvalue weighted by Gasteiger charge is -2.45. The molecule has 3 rings (SSSR count). The van der Waals surface area contributed by atoms with Crippen LogP contribution in [0.2, 0.25) is 0 Å². The normalized spacial score (nSPS) is 26.1. The summed E-state index contributed by atoms with van der Waals surface area (Å²) in [5.74, 6) is -1.55. The molecule has 1 aliphatic heterocycles. The Balaban J connectivity index is 2.00. The highest BCUT2D eigenvalue weighted by Crippen LogP contribution is 2.35. The van der Waals surface area contributed by atoms with E-state index in [1.807, 2.05) is 4.90 Å². The van der Waals surface area contributed by atoms with Crippen LogP contribution in [0.1, 0.15) is 36.0 Å². The van der Waals surface area contributed by atoms with E-state index < -0.39 is 11.8 Å². The summed E-state index contributed by atoms with van der Waals surface area (Å²) in [5, 5.41) is 9.29. The van der Waals surface area contributed by atoms with Gasteiger partial charge in [-0.3, -0.25) is 0 Å². The van der Waals surface area contributed by atoms with Gasteiger partial charge in [-0.25, -0.2) is 9.18 Å². The largest absolute Gasteiger partial charge is 0.478 e. The Morgan fingerprint density at radius 3 is 2.95 bits per heavy atom. The number of morpholine rings is 1. The number of hydrogen-bond acceptors (Lipinski definition) is 3. The van der Waals surface area contributed by atoms with Gasteiger partial charge in [0, 0.05) is 6.54 Å². The van der Waals surface area contributed by atoms with Crippen molar-refractivity contribution >= 4 is 11.7 Å². The number of hydrogen-bond donors (Lipinski definition) is 1. The van der Waals surface area contributed by atoms with Crippen LogP contribution in [0.15, 0.2) is 18.2 Å². The van der Waals surface area contributed by atoms with Gasteiger partial charge in [0.25, 0.3) is 0 Å². The van der Waals surface area contributed by atoms with E-state index in [1.54, 1.807) is 0 Å². The Hall–Kier alpha value is -1.62. The zero-order chi connectivity index (χ0) is 14.1. The van der Waals surface area contributed by atoms with Gasteiger partial charge in [-0.1, -0.05) is 18.9 Å². The molecule has 1 aromatic carbocycles. The number of benzene rings is 1. The van der Waals surface area contributed by atoms with E-state index in [9.17, 15) is 14.3 Å². The molecule has 5 heteroatoms. The fraction of sp³-hybridized carbons (Fsp3) is 0.533. The molecule has 108 valence electrons. The van der Waals surface area contributed by atoms with Crippen molar-refractivity contribution in [2.75, 3.05) is 18.1 Å². The average Bonchev–Trinajstić information content (AvgIpc) is 2.46. The first-order chi connectivity index (χ1) is 9.68. The van der Waals surface area contributed by atoms with Gasteiger partial charge in [0.2, 0.25) is 0 Å². The van der Waals surface area contributed by atoms with Crippen LogP contribution in [0.4, 0.5) is 10.1 Å². The highest BCUT2D eigenvalue weighted by atomic mass is 19.1. The van der Waals surface area contributed by atoms with Gasteiger partial charge in [-0.15, -0.1) is 0 Å². The van der Waals surface area contributed by atoms with E-state index in [1.165, 1.54) is 18.2 Å². The zero-order valence-corrected chi connectivity index (χ0v) is 11.2. The third kappa shape index (κ3) is 2.26. The fourth-order valence-corrected chi connectivity index (χ4v) is 3.35. The van der Waals surface area contributed by atoms with Gasteiger partial charge in [0.15, 0.2) is 0 Å². The van der Waals surface area contributed by atoms with Gasteiger partial charge >= 0.3 is 5.97 Å². The average molecular weight is 279 g/mol. The van der Waals surface area contributed by atoms with E-state index in [4.69, 9.17) is 4.74 Å². The smallest absolute Gasteiger partial charge is 0.337 e. The van der Waals surface area contributed by atoms with Crippen molar-refractivity contribution < 1.29 is 19.0 Å². The number of nitrogens with zero attached hydrogens (tertiary/aromatic N) is 1. The predicted octanol–water partition coefficient (Wildman–Crippen LogP) is 2.67. The number of para-hydroxylation sites is 1. The van der Waals surface area contributed by atoms with Gasteiger partial charge in [-0.2, -0.15) is 0 Å². The van der Waals surface area contributed by atoms with Crippen molar-refractivity contribution in [1.82, 2.24) is 0 Å². The third-order valence-electron chi connectivity index (χ3n) is 4.24. The van der Waals surface area contributed by atoms with E-state index in [0.717, 1.165) is 25.7 Å². The van der Waals surface area contributed by atoms with Gasteiger partial charge in [0.1, 0.15) is 5.82 Å². The van der Waals surface area contributed by atoms with E-state index in [2.05, 4.69) is 0 Å². The first-order valence-corrected chi connectivity index (χ1v) is 7.08. The topological polar surface area (TPSA) is 49.8 Å². The Morgan fingerprint density at radius 2 is 2.15 bits per heavy atom. The molecule has 2 atom stereocenters. The van der Waals surface area contributed by atoms with Crippen LogP contribution in [-0.2, 0) is 4.74 Å². The first kappa shape index (κ1) is 13.4. The second kappa shape index (κ2) is 5.40. The van der Waals surface area contributed by atoms with Crippen molar-refractivity contribution in [2.24, 2.45) is 0 Å². The van der Waals surface area contributed by atoms with Crippen LogP contribution in [-0.4, -0.2) is 36.4 Å². The highest BCUT2D eigenvalue weighted by molar-refractivity contribution is 5.94. The quantitative estimate of drug-likeness (QED) is 0.904. The van der Waals surface area contributed by atoms with Gasteiger partial charge in [-0.05, 0) is 25.0 Å². The number of carbonyl (C=O) groups is 1. The zero-order valence-electron chi connectivity index (χ0n) is 11.2. The van der Waals surface area contributed by atoms with Crippen molar-refractivity contribution in [2.45, 2.75) is 37.8 Å². The monoisotopic (exact) mass is 279 g/mol. The molecule has 1 aliphatic carbocycles. The van der Waals surface area contributed by atoms with Crippen LogP contribution in [0.5, 0.6) is 0 Å². The predicted molar refractivity (Wildman–Crippen MR) is 72.7 cm³/mol. The first-order valence-electron chi connectivity index (χ1n) is 7.08. The second-order valence-corrected chi connectivity index (χ2v) is 5.40. The molecule has 0 amide bonds. The summed E-state index contributed by atoms with van der Waals surface area (Å²) in [5.41, 5.74) is 0.261. The summed E-state index contributed by atoms with van der Waals surface area (Å²) in [6.07, 6.45) is 4.20. The number of fused-ring (bicyclic) bond motifs is 1. The van der Waals surface area contributed by atoms with Crippen LogP contribution >= 0.6 is 0 Å². The molecule has 1 saturated carbocycles. The molecular formula is C15H18FNO3. The molecule has 2 unspecified atom stereocenters. The number of halogens is 1. The van der Waals surface area contributed by atoms with E-state index in [0.29, 0.717) is 13.2 Å². The number of anilines is 1. The van der Waals surface area contributed by atoms with Gasteiger partial charge in [0.05, 0.1) is 30.0 Å². The molecule has 1 N–H and O–H groups in total. The maximum Gasteiger partial charge on any atom is 0.337 e. The summed E-state index contributed by atoms with van der Waals surface area (Å²) >= 11 is 0. The van der Waals surface area contributed by atoms with Crippen LogP contribution in [0, 0.1) is 5.82 Å². The fourth-order valence-electron chi connectivity index (χ4n) is 3.35. The van der Waals surface area contributed by atoms with E-state index in [-0.39, 0.29) is 23.4 Å². The van der Waals surface area contributed by atoms with Gasteiger partial charge < -0.3 is 14.7 Å². The molecule has 1 heterocycles. The summed E-state index contributed by atoms with van der Waals surface area (Å²) in [6, 6.07) is 4.33. The Morgan fingerprint density at radius 1 is 1.35 bits per heavy atom. The molecule has 0 bridgehead atoms. The van der Waals surface area contributed by atoms with E-state index >= 15 is 0 Å². The van der Waals surface area contributed by atoms with Crippen molar-refractivity contribution in [3.63, 3.8) is 0 Å². The van der Waals surface area contributed by atoms with Crippen LogP contribution in [0.25, 0.3) is 0 Å². The maximum absolute atomic E-state index is 14.2. The highest BCUT2D eigenvalue weighted by Gasteiger charge is 2.36. The number of carboxylic acids is 1.